The number of fused-ring (bicyclic) bond motifs is 1. The highest BCUT2D eigenvalue weighted by Gasteiger charge is 2.22. The van der Waals surface area contributed by atoms with Gasteiger partial charge in [0.1, 0.15) is 17.0 Å². The number of ether oxygens (including phenoxy) is 2. The lowest BCUT2D eigenvalue weighted by atomic mass is 10.3. The van der Waals surface area contributed by atoms with Crippen molar-refractivity contribution in [3.05, 3.63) is 54.7 Å². The molecule has 3 aromatic rings. The molecule has 1 aliphatic rings. The van der Waals surface area contributed by atoms with E-state index in [4.69, 9.17) is 14.5 Å². The quantitative estimate of drug-likeness (QED) is 0.402. The molecule has 0 N–H and O–H groups in total. The van der Waals surface area contributed by atoms with Gasteiger partial charge in [0.15, 0.2) is 11.5 Å². The topological polar surface area (TPSA) is 74.4 Å². The summed E-state index contributed by atoms with van der Waals surface area (Å²) < 4.78 is 13.1. The van der Waals surface area contributed by atoms with Gasteiger partial charge >= 0.3 is 0 Å². The Labute approximate surface area is 175 Å². The molecule has 0 aliphatic heterocycles. The van der Waals surface area contributed by atoms with E-state index in [1.165, 1.54) is 12.8 Å². The van der Waals surface area contributed by atoms with Crippen LogP contribution in [0.15, 0.2) is 59.7 Å². The van der Waals surface area contributed by atoms with Gasteiger partial charge in [0, 0.05) is 12.3 Å². The fraction of sp³-hybridized carbons (Fsp3) is 0.304. The summed E-state index contributed by atoms with van der Waals surface area (Å²) >= 11 is 0. The predicted molar refractivity (Wildman–Crippen MR) is 118 cm³/mol. The van der Waals surface area contributed by atoms with Gasteiger partial charge < -0.3 is 9.47 Å². The van der Waals surface area contributed by atoms with Crippen LogP contribution in [0.25, 0.3) is 28.4 Å². The summed E-state index contributed by atoms with van der Waals surface area (Å²) in [6, 6.07) is 7.69. The number of hydrogen-bond donors (Lipinski definition) is 0. The van der Waals surface area contributed by atoms with Crippen LogP contribution < -0.4 is 4.74 Å². The van der Waals surface area contributed by atoms with E-state index in [0.29, 0.717) is 23.3 Å². The number of imidazole rings is 1. The molecule has 7 nitrogen and oxygen atoms in total. The zero-order chi connectivity index (χ0) is 20.9. The van der Waals surface area contributed by atoms with E-state index in [2.05, 4.69) is 15.0 Å². The molecule has 1 fully saturated rings. The van der Waals surface area contributed by atoms with Crippen molar-refractivity contribution in [1.82, 2.24) is 19.5 Å². The molecule has 30 heavy (non-hydrogen) atoms. The second kappa shape index (κ2) is 8.90. The zero-order valence-electron chi connectivity index (χ0n) is 17.4. The summed E-state index contributed by atoms with van der Waals surface area (Å²) in [4.78, 5) is 18.4. The third-order valence-corrected chi connectivity index (χ3v) is 4.88. The minimum absolute atomic E-state index is 0.530. The summed E-state index contributed by atoms with van der Waals surface area (Å²) in [5.74, 6) is 2.63. The van der Waals surface area contributed by atoms with E-state index >= 15 is 0 Å². The molecule has 0 bridgehead atoms. The molecule has 0 spiro atoms. The summed E-state index contributed by atoms with van der Waals surface area (Å²) in [6.07, 6.45) is 11.5. The molecule has 0 unspecified atom stereocenters. The van der Waals surface area contributed by atoms with Crippen LogP contribution in [0.1, 0.15) is 26.7 Å². The van der Waals surface area contributed by atoms with E-state index in [0.717, 1.165) is 29.3 Å². The van der Waals surface area contributed by atoms with E-state index < -0.39 is 0 Å². The molecular formula is C23H25N5O2. The van der Waals surface area contributed by atoms with Gasteiger partial charge in [0.05, 0.1) is 31.8 Å². The molecule has 0 radical (unpaired) electrons. The van der Waals surface area contributed by atoms with Crippen LogP contribution in [-0.2, 0) is 4.74 Å². The highest BCUT2D eigenvalue weighted by Crippen LogP contribution is 2.31. The van der Waals surface area contributed by atoms with Gasteiger partial charge in [0.25, 0.3) is 0 Å². The lowest BCUT2D eigenvalue weighted by Gasteiger charge is -2.09. The van der Waals surface area contributed by atoms with Crippen molar-refractivity contribution < 1.29 is 9.47 Å². The van der Waals surface area contributed by atoms with Gasteiger partial charge in [-0.3, -0.25) is 9.55 Å². The molecule has 0 amide bonds. The maximum Gasteiger partial charge on any atom is 0.208 e. The monoisotopic (exact) mass is 403 g/mol. The van der Waals surface area contributed by atoms with Crippen molar-refractivity contribution in [2.45, 2.75) is 26.7 Å². The minimum Gasteiger partial charge on any atom is -0.492 e. The van der Waals surface area contributed by atoms with Crippen LogP contribution in [0.3, 0.4) is 0 Å². The van der Waals surface area contributed by atoms with Crippen LogP contribution in [0.2, 0.25) is 0 Å². The SMILES string of the molecule is C\C=C(/N=C\C(=C/C)n1c(-c2ccccn2)nc2cc(OCC3CC3)cnc21)OC. The van der Waals surface area contributed by atoms with E-state index in [-0.39, 0.29) is 0 Å². The van der Waals surface area contributed by atoms with Crippen molar-refractivity contribution in [1.29, 1.82) is 0 Å². The second-order valence-corrected chi connectivity index (χ2v) is 7.06. The smallest absolute Gasteiger partial charge is 0.208 e. The summed E-state index contributed by atoms with van der Waals surface area (Å²) in [7, 11) is 1.60. The van der Waals surface area contributed by atoms with Gasteiger partial charge in [-0.15, -0.1) is 0 Å². The second-order valence-electron chi connectivity index (χ2n) is 7.06. The maximum atomic E-state index is 5.90. The molecule has 7 heteroatoms. The molecule has 3 heterocycles. The summed E-state index contributed by atoms with van der Waals surface area (Å²) in [5.41, 5.74) is 3.03. The van der Waals surface area contributed by atoms with Gasteiger partial charge in [-0.1, -0.05) is 12.1 Å². The molecule has 0 aromatic carbocycles. The Morgan fingerprint density at radius 3 is 2.77 bits per heavy atom. The summed E-state index contributed by atoms with van der Waals surface area (Å²) in [6.45, 7) is 4.56. The van der Waals surface area contributed by atoms with Crippen LogP contribution in [0.4, 0.5) is 0 Å². The van der Waals surface area contributed by atoms with Crippen molar-refractivity contribution in [2.24, 2.45) is 10.9 Å². The Balaban J connectivity index is 1.80. The molecule has 4 rings (SSSR count). The van der Waals surface area contributed by atoms with Crippen LogP contribution >= 0.6 is 0 Å². The first-order chi connectivity index (χ1) is 14.7. The Kier molecular flexibility index (Phi) is 5.88. The third-order valence-electron chi connectivity index (χ3n) is 4.88. The van der Waals surface area contributed by atoms with E-state index in [1.54, 1.807) is 31.8 Å². The number of methoxy groups -OCH3 is 1. The van der Waals surface area contributed by atoms with Crippen molar-refractivity contribution in [2.75, 3.05) is 13.7 Å². The first-order valence-electron chi connectivity index (χ1n) is 10.1. The first kappa shape index (κ1) is 19.8. The van der Waals surface area contributed by atoms with Gasteiger partial charge in [0.2, 0.25) is 5.88 Å². The Morgan fingerprint density at radius 2 is 2.10 bits per heavy atom. The number of rotatable bonds is 8. The number of aromatic nitrogens is 4. The highest BCUT2D eigenvalue weighted by atomic mass is 16.5. The maximum absolute atomic E-state index is 5.90. The van der Waals surface area contributed by atoms with E-state index in [1.807, 2.05) is 48.8 Å². The average Bonchev–Trinajstić information content (AvgIpc) is 3.55. The Morgan fingerprint density at radius 1 is 1.23 bits per heavy atom. The number of pyridine rings is 2. The molecule has 0 saturated heterocycles. The van der Waals surface area contributed by atoms with Crippen LogP contribution in [-0.4, -0.2) is 39.5 Å². The van der Waals surface area contributed by atoms with Crippen LogP contribution in [0.5, 0.6) is 5.75 Å². The number of nitrogens with zero attached hydrogens (tertiary/aromatic N) is 5. The fourth-order valence-corrected chi connectivity index (χ4v) is 3.07. The normalized spacial score (nSPS) is 15.2. The Hall–Kier alpha value is -3.48. The molecule has 154 valence electrons. The average molecular weight is 403 g/mol. The zero-order valence-corrected chi connectivity index (χ0v) is 17.4. The molecule has 1 aliphatic carbocycles. The lowest BCUT2D eigenvalue weighted by molar-refractivity contribution is 0.288. The number of aliphatic imine (C=N–C) groups is 1. The van der Waals surface area contributed by atoms with Crippen molar-refractivity contribution >= 4 is 23.1 Å². The lowest BCUT2D eigenvalue weighted by Crippen LogP contribution is -2.04. The Bertz CT molecular complexity index is 1110. The molecule has 3 aromatic heterocycles. The largest absolute Gasteiger partial charge is 0.492 e. The van der Waals surface area contributed by atoms with Gasteiger partial charge in [-0.05, 0) is 50.8 Å². The van der Waals surface area contributed by atoms with Crippen LogP contribution in [0, 0.1) is 5.92 Å². The van der Waals surface area contributed by atoms with Gasteiger partial charge in [-0.25, -0.2) is 15.0 Å². The number of allylic oxidation sites excluding steroid dienone is 3. The molecule has 1 saturated carbocycles. The van der Waals surface area contributed by atoms with Crippen molar-refractivity contribution in [3.63, 3.8) is 0 Å². The van der Waals surface area contributed by atoms with Gasteiger partial charge in [-0.2, -0.15) is 0 Å². The molecule has 0 atom stereocenters. The summed E-state index contributed by atoms with van der Waals surface area (Å²) in [5, 5.41) is 0. The fourth-order valence-electron chi connectivity index (χ4n) is 3.07. The minimum atomic E-state index is 0.530. The highest BCUT2D eigenvalue weighted by molar-refractivity contribution is 6.06. The predicted octanol–water partition coefficient (Wildman–Crippen LogP) is 4.72. The number of hydrogen-bond acceptors (Lipinski definition) is 6. The first-order valence-corrected chi connectivity index (χ1v) is 10.1. The third kappa shape index (κ3) is 4.25. The standard InChI is InChI=1S/C23H25N5O2/c1-4-17(13-25-21(5-2)29-3)28-22-20(27-23(28)19-8-6-7-11-24-19)12-18(14-26-22)30-15-16-9-10-16/h4-8,11-14,16H,9-10,15H2,1-3H3/b17-4+,21-5+,25-13-. The van der Waals surface area contributed by atoms with E-state index in [9.17, 15) is 0 Å². The van der Waals surface area contributed by atoms with Crippen molar-refractivity contribution in [3.8, 4) is 17.3 Å². The molecular weight excluding hydrogens is 378 g/mol.